The third kappa shape index (κ3) is 8.40. The van der Waals surface area contributed by atoms with E-state index >= 15 is 0 Å². The molecule has 0 aliphatic heterocycles. The van der Waals surface area contributed by atoms with E-state index in [4.69, 9.17) is 15.2 Å². The molecule has 184 valence electrons. The molecule has 5 N–H and O–H groups in total. The van der Waals surface area contributed by atoms with Gasteiger partial charge in [0.25, 0.3) is 0 Å². The van der Waals surface area contributed by atoms with E-state index in [2.05, 4.69) is 27.5 Å². The summed E-state index contributed by atoms with van der Waals surface area (Å²) in [5.41, 5.74) is 8.32. The molecule has 2 aromatic rings. The van der Waals surface area contributed by atoms with Gasteiger partial charge >= 0.3 is 0 Å². The molecule has 0 aliphatic rings. The summed E-state index contributed by atoms with van der Waals surface area (Å²) in [6.07, 6.45) is 2.56. The van der Waals surface area contributed by atoms with Gasteiger partial charge in [-0.2, -0.15) is 0 Å². The van der Waals surface area contributed by atoms with Crippen molar-refractivity contribution in [3.63, 3.8) is 0 Å². The molecule has 34 heavy (non-hydrogen) atoms. The van der Waals surface area contributed by atoms with Gasteiger partial charge in [-0.15, -0.1) is 6.58 Å². The quantitative estimate of drug-likeness (QED) is 0.329. The van der Waals surface area contributed by atoms with Gasteiger partial charge in [-0.05, 0) is 55.5 Å². The first-order valence-corrected chi connectivity index (χ1v) is 11.1. The summed E-state index contributed by atoms with van der Waals surface area (Å²) < 4.78 is 10.6. The molecule has 0 saturated heterocycles. The summed E-state index contributed by atoms with van der Waals surface area (Å²) >= 11 is 0. The topological polar surface area (TPSA) is 128 Å². The van der Waals surface area contributed by atoms with Gasteiger partial charge in [0.1, 0.15) is 23.4 Å². The van der Waals surface area contributed by atoms with Crippen molar-refractivity contribution >= 4 is 17.6 Å². The number of nitrogen functional groups attached to an aromatic ring is 1. The third-order valence-electron chi connectivity index (χ3n) is 5.38. The van der Waals surface area contributed by atoms with Crippen LogP contribution in [-0.2, 0) is 22.6 Å². The van der Waals surface area contributed by atoms with Crippen LogP contribution in [0.25, 0.3) is 0 Å². The second-order valence-electron chi connectivity index (χ2n) is 8.04. The normalized spacial score (nSPS) is 12.4. The Kier molecular flexibility index (Phi) is 10.3. The summed E-state index contributed by atoms with van der Waals surface area (Å²) in [7, 11) is 3.22. The van der Waals surface area contributed by atoms with Gasteiger partial charge in [-0.3, -0.25) is 9.59 Å². The largest absolute Gasteiger partial charge is 0.497 e. The fraction of sp³-hybridized carbons (Fsp3) is 0.400. The van der Waals surface area contributed by atoms with E-state index in [-0.39, 0.29) is 24.3 Å². The second kappa shape index (κ2) is 13.2. The number of ether oxygens (including phenoxy) is 2. The van der Waals surface area contributed by atoms with Crippen LogP contribution in [0.4, 0.5) is 5.82 Å². The molecule has 0 aliphatic carbocycles. The van der Waals surface area contributed by atoms with Crippen molar-refractivity contribution in [3.05, 3.63) is 59.8 Å². The number of anilines is 1. The van der Waals surface area contributed by atoms with Gasteiger partial charge < -0.3 is 31.2 Å². The van der Waals surface area contributed by atoms with E-state index < -0.39 is 6.04 Å². The molecule has 0 fully saturated rings. The van der Waals surface area contributed by atoms with E-state index in [9.17, 15) is 9.59 Å². The number of methoxy groups -OCH3 is 2. The molecule has 1 aromatic heterocycles. The Labute approximate surface area is 201 Å². The highest BCUT2D eigenvalue weighted by molar-refractivity contribution is 5.87. The zero-order valence-corrected chi connectivity index (χ0v) is 20.3. The van der Waals surface area contributed by atoms with Crippen LogP contribution in [0.5, 0.6) is 11.5 Å². The number of aromatic nitrogens is 1. The Morgan fingerprint density at radius 1 is 1.18 bits per heavy atom. The van der Waals surface area contributed by atoms with Gasteiger partial charge in [-0.1, -0.05) is 12.1 Å². The molecule has 9 heteroatoms. The van der Waals surface area contributed by atoms with Crippen LogP contribution in [0, 0.1) is 12.8 Å². The third-order valence-corrected chi connectivity index (χ3v) is 5.38. The highest BCUT2D eigenvalue weighted by atomic mass is 16.5. The van der Waals surface area contributed by atoms with Crippen LogP contribution in [0.15, 0.2) is 43.0 Å². The number of hydrogen-bond acceptors (Lipinski definition) is 7. The van der Waals surface area contributed by atoms with E-state index in [0.29, 0.717) is 25.3 Å². The Balaban J connectivity index is 1.76. The van der Waals surface area contributed by atoms with Crippen LogP contribution in [0.3, 0.4) is 0 Å². The molecule has 0 unspecified atom stereocenters. The number of pyridine rings is 1. The monoisotopic (exact) mass is 469 g/mol. The highest BCUT2D eigenvalue weighted by Gasteiger charge is 2.16. The predicted molar refractivity (Wildman–Crippen MR) is 133 cm³/mol. The molecule has 1 heterocycles. The fourth-order valence-corrected chi connectivity index (χ4v) is 3.39. The first-order valence-electron chi connectivity index (χ1n) is 11.1. The van der Waals surface area contributed by atoms with Crippen LogP contribution in [0.2, 0.25) is 0 Å². The minimum Gasteiger partial charge on any atom is -0.497 e. The maximum Gasteiger partial charge on any atom is 0.242 e. The van der Waals surface area contributed by atoms with Crippen LogP contribution in [-0.4, -0.2) is 50.1 Å². The van der Waals surface area contributed by atoms with Crippen LogP contribution in [0.1, 0.15) is 23.7 Å². The number of benzene rings is 1. The predicted octanol–water partition coefficient (Wildman–Crippen LogP) is 1.74. The number of rotatable bonds is 13. The fourth-order valence-electron chi connectivity index (χ4n) is 3.39. The van der Waals surface area contributed by atoms with Gasteiger partial charge in [0.15, 0.2) is 0 Å². The lowest BCUT2D eigenvalue weighted by Crippen LogP contribution is -2.47. The van der Waals surface area contributed by atoms with Crippen molar-refractivity contribution in [3.8, 4) is 11.5 Å². The van der Waals surface area contributed by atoms with Crippen molar-refractivity contribution in [1.29, 1.82) is 0 Å². The first-order chi connectivity index (χ1) is 16.2. The number of nitrogens with zero attached hydrogens (tertiary/aromatic N) is 1. The Morgan fingerprint density at radius 2 is 1.85 bits per heavy atom. The SMILES string of the molecule is C=C[C@@H](CNCC(=O)N[C@@H](C)C(=O)NCc1ccc(N)nc1C)Cc1cc(OC)cc(OC)c1. The van der Waals surface area contributed by atoms with Gasteiger partial charge in [-0.25, -0.2) is 4.98 Å². The maximum atomic E-state index is 12.3. The Morgan fingerprint density at radius 3 is 2.44 bits per heavy atom. The average Bonchev–Trinajstić information content (AvgIpc) is 2.82. The molecular weight excluding hydrogens is 434 g/mol. The maximum absolute atomic E-state index is 12.3. The molecule has 0 bridgehead atoms. The summed E-state index contributed by atoms with van der Waals surface area (Å²) in [6.45, 7) is 8.33. The molecule has 0 saturated carbocycles. The second-order valence-corrected chi connectivity index (χ2v) is 8.04. The van der Waals surface area contributed by atoms with Crippen molar-refractivity contribution in [1.82, 2.24) is 20.9 Å². The lowest BCUT2D eigenvalue weighted by molar-refractivity contribution is -0.128. The number of nitrogens with one attached hydrogen (secondary N) is 3. The smallest absolute Gasteiger partial charge is 0.242 e. The van der Waals surface area contributed by atoms with Crippen molar-refractivity contribution in [2.75, 3.05) is 33.0 Å². The van der Waals surface area contributed by atoms with Crippen molar-refractivity contribution in [2.45, 2.75) is 32.9 Å². The molecule has 2 rings (SSSR count). The lowest BCUT2D eigenvalue weighted by Gasteiger charge is -2.17. The summed E-state index contributed by atoms with van der Waals surface area (Å²) in [5.74, 6) is 1.43. The molecule has 9 nitrogen and oxygen atoms in total. The van der Waals surface area contributed by atoms with E-state index in [1.54, 1.807) is 27.2 Å². The average molecular weight is 470 g/mol. The van der Waals surface area contributed by atoms with E-state index in [1.807, 2.05) is 37.3 Å². The number of aryl methyl sites for hydroxylation is 1. The zero-order chi connectivity index (χ0) is 25.1. The van der Waals surface area contributed by atoms with Gasteiger partial charge in [0.05, 0.1) is 20.8 Å². The van der Waals surface area contributed by atoms with Gasteiger partial charge in [0, 0.05) is 24.8 Å². The van der Waals surface area contributed by atoms with Crippen LogP contribution < -0.4 is 31.2 Å². The number of nitrogens with two attached hydrogens (primary N) is 1. The molecule has 0 spiro atoms. The number of hydrogen-bond donors (Lipinski definition) is 4. The molecule has 2 amide bonds. The molecular formula is C25H35N5O4. The molecule has 1 aromatic carbocycles. The lowest BCUT2D eigenvalue weighted by atomic mass is 9.99. The van der Waals surface area contributed by atoms with Crippen molar-refractivity contribution in [2.24, 2.45) is 5.92 Å². The highest BCUT2D eigenvalue weighted by Crippen LogP contribution is 2.24. The van der Waals surface area contributed by atoms with Crippen LogP contribution >= 0.6 is 0 Å². The van der Waals surface area contributed by atoms with E-state index in [1.165, 1.54) is 0 Å². The Hall–Kier alpha value is -3.59. The molecule has 0 radical (unpaired) electrons. The number of amides is 2. The minimum atomic E-state index is -0.671. The molecule has 2 atom stereocenters. The number of carbonyl (C=O) groups is 2. The Bertz CT molecular complexity index is 973. The standard InChI is InChI=1S/C25H35N5O4/c1-6-18(9-19-10-21(33-4)12-22(11-19)34-5)13-27-15-24(31)30-17(3)25(32)28-14-20-7-8-23(26)29-16(20)2/h6-8,10-12,17-18,27H,1,9,13-15H2,2-5H3,(H2,26,29)(H,28,32)(H,30,31)/t17-,18+/m0/s1. The minimum absolute atomic E-state index is 0.0877. The van der Waals surface area contributed by atoms with E-state index in [0.717, 1.165) is 28.3 Å². The zero-order valence-electron chi connectivity index (χ0n) is 20.3. The van der Waals surface area contributed by atoms with Gasteiger partial charge in [0.2, 0.25) is 11.8 Å². The first kappa shape index (κ1) is 26.7. The summed E-state index contributed by atoms with van der Waals surface area (Å²) in [5, 5.41) is 8.64. The number of carbonyl (C=O) groups excluding carboxylic acids is 2. The summed E-state index contributed by atoms with van der Waals surface area (Å²) in [6, 6.07) is 8.56. The van der Waals surface area contributed by atoms with Crippen molar-refractivity contribution < 1.29 is 19.1 Å². The summed E-state index contributed by atoms with van der Waals surface area (Å²) in [4.78, 5) is 28.8.